The summed E-state index contributed by atoms with van der Waals surface area (Å²) in [4.78, 5) is 19.2. The number of para-hydroxylation sites is 1. The summed E-state index contributed by atoms with van der Waals surface area (Å²) in [5, 5.41) is 24.0. The van der Waals surface area contributed by atoms with Crippen molar-refractivity contribution < 1.29 is 4.92 Å². The van der Waals surface area contributed by atoms with Crippen LogP contribution >= 0.6 is 22.9 Å². The molecule has 0 bridgehead atoms. The Labute approximate surface area is 174 Å². The van der Waals surface area contributed by atoms with E-state index in [1.165, 1.54) is 23.5 Å². The molecule has 0 aliphatic carbocycles. The second kappa shape index (κ2) is 7.80. The van der Waals surface area contributed by atoms with Gasteiger partial charge in [-0.05, 0) is 30.3 Å². The lowest BCUT2D eigenvalue weighted by atomic mass is 10.1. The molecular formula is C21H11ClN4O2S. The summed E-state index contributed by atoms with van der Waals surface area (Å²) in [7, 11) is 0. The first kappa shape index (κ1) is 18.7. The summed E-state index contributed by atoms with van der Waals surface area (Å²) in [6.45, 7) is 0. The van der Waals surface area contributed by atoms with Gasteiger partial charge < -0.3 is 0 Å². The van der Waals surface area contributed by atoms with E-state index in [-0.39, 0.29) is 5.69 Å². The van der Waals surface area contributed by atoms with Crippen molar-refractivity contribution in [2.75, 3.05) is 0 Å². The Kier molecular flexibility index (Phi) is 5.04. The second-order valence-electron chi connectivity index (χ2n) is 6.07. The third-order valence-corrected chi connectivity index (χ3v) is 5.41. The summed E-state index contributed by atoms with van der Waals surface area (Å²) in [5.74, 6) is 0. The summed E-state index contributed by atoms with van der Waals surface area (Å²) in [6, 6.07) is 17.8. The van der Waals surface area contributed by atoms with E-state index in [1.807, 2.05) is 35.7 Å². The van der Waals surface area contributed by atoms with E-state index in [4.69, 9.17) is 11.6 Å². The first-order valence-corrected chi connectivity index (χ1v) is 9.69. The minimum Gasteiger partial charge on any atom is -0.258 e. The maximum absolute atomic E-state index is 10.8. The fraction of sp³-hybridized carbons (Fsp3) is 0. The molecule has 0 saturated heterocycles. The summed E-state index contributed by atoms with van der Waals surface area (Å²) < 4.78 is 0. The number of nitro benzene ring substituents is 1. The molecular weight excluding hydrogens is 408 g/mol. The van der Waals surface area contributed by atoms with Crippen molar-refractivity contribution in [2.45, 2.75) is 0 Å². The third-order valence-electron chi connectivity index (χ3n) is 4.23. The van der Waals surface area contributed by atoms with Gasteiger partial charge in [-0.25, -0.2) is 9.97 Å². The molecule has 2 aromatic carbocycles. The van der Waals surface area contributed by atoms with Crippen LogP contribution in [-0.2, 0) is 0 Å². The molecule has 8 heteroatoms. The molecule has 0 amide bonds. The number of hydrogen-bond acceptors (Lipinski definition) is 6. The van der Waals surface area contributed by atoms with Gasteiger partial charge in [0.1, 0.15) is 16.2 Å². The molecule has 0 N–H and O–H groups in total. The van der Waals surface area contributed by atoms with Crippen LogP contribution in [0.15, 0.2) is 60.0 Å². The van der Waals surface area contributed by atoms with Crippen molar-refractivity contribution in [1.29, 1.82) is 5.26 Å². The molecule has 0 aliphatic heterocycles. The van der Waals surface area contributed by atoms with Gasteiger partial charge in [-0.2, -0.15) is 5.26 Å². The Balaban J connectivity index is 1.69. The quantitative estimate of drug-likeness (QED) is 0.176. The standard InChI is InChI=1S/C21H11ClN4O2S/c22-20-15(9-14-3-1-2-4-18(14)24-20)10-16(11-23)21-25-19(12-29-21)13-5-7-17(8-6-13)26(27)28/h1-10,12H/b16-10-. The van der Waals surface area contributed by atoms with Crippen LogP contribution in [-0.4, -0.2) is 14.9 Å². The lowest BCUT2D eigenvalue weighted by Gasteiger charge is -2.02. The summed E-state index contributed by atoms with van der Waals surface area (Å²) in [6.07, 6.45) is 1.67. The van der Waals surface area contributed by atoms with Gasteiger partial charge >= 0.3 is 0 Å². The van der Waals surface area contributed by atoms with Gasteiger partial charge in [-0.15, -0.1) is 11.3 Å². The number of aromatic nitrogens is 2. The highest BCUT2D eigenvalue weighted by molar-refractivity contribution is 7.11. The number of nitrogens with zero attached hydrogens (tertiary/aromatic N) is 4. The summed E-state index contributed by atoms with van der Waals surface area (Å²) in [5.41, 5.74) is 3.17. The van der Waals surface area contributed by atoms with Crippen molar-refractivity contribution in [3.05, 3.63) is 85.8 Å². The van der Waals surface area contributed by atoms with E-state index < -0.39 is 4.92 Å². The molecule has 4 aromatic rings. The lowest BCUT2D eigenvalue weighted by molar-refractivity contribution is -0.384. The molecule has 4 rings (SSSR count). The molecule has 0 spiro atoms. The Morgan fingerprint density at radius 3 is 2.66 bits per heavy atom. The molecule has 2 heterocycles. The first-order valence-electron chi connectivity index (χ1n) is 8.43. The van der Waals surface area contributed by atoms with E-state index in [0.29, 0.717) is 27.0 Å². The van der Waals surface area contributed by atoms with Crippen LogP contribution in [0.1, 0.15) is 10.6 Å². The number of rotatable bonds is 4. The van der Waals surface area contributed by atoms with Crippen LogP contribution < -0.4 is 0 Å². The Morgan fingerprint density at radius 2 is 1.93 bits per heavy atom. The van der Waals surface area contributed by atoms with Gasteiger partial charge in [0.2, 0.25) is 0 Å². The zero-order chi connectivity index (χ0) is 20.4. The van der Waals surface area contributed by atoms with Gasteiger partial charge in [0.05, 0.1) is 21.7 Å². The monoisotopic (exact) mass is 418 g/mol. The van der Waals surface area contributed by atoms with Crippen molar-refractivity contribution in [3.8, 4) is 17.3 Å². The molecule has 0 fully saturated rings. The third kappa shape index (κ3) is 3.85. The van der Waals surface area contributed by atoms with Crippen LogP contribution in [0.4, 0.5) is 5.69 Å². The van der Waals surface area contributed by atoms with Crippen LogP contribution in [0.2, 0.25) is 5.15 Å². The average Bonchev–Trinajstić information content (AvgIpc) is 3.22. The molecule has 140 valence electrons. The molecule has 2 aromatic heterocycles. The van der Waals surface area contributed by atoms with Crippen molar-refractivity contribution in [1.82, 2.24) is 9.97 Å². The molecule has 29 heavy (non-hydrogen) atoms. The van der Waals surface area contributed by atoms with E-state index in [2.05, 4.69) is 16.0 Å². The maximum Gasteiger partial charge on any atom is 0.269 e. The number of nitro groups is 1. The van der Waals surface area contributed by atoms with Crippen molar-refractivity contribution in [3.63, 3.8) is 0 Å². The normalized spacial score (nSPS) is 11.4. The van der Waals surface area contributed by atoms with Crippen molar-refractivity contribution >= 4 is 51.2 Å². The highest BCUT2D eigenvalue weighted by Gasteiger charge is 2.12. The number of allylic oxidation sites excluding steroid dienone is 1. The number of nitriles is 1. The Morgan fingerprint density at radius 1 is 1.17 bits per heavy atom. The fourth-order valence-electron chi connectivity index (χ4n) is 2.79. The SMILES string of the molecule is N#C/C(=C/c1cc2ccccc2nc1Cl)c1nc(-c2ccc([N+](=O)[O-])cc2)cs1. The molecule has 0 aliphatic rings. The first-order chi connectivity index (χ1) is 14.0. The molecule has 0 radical (unpaired) electrons. The van der Waals surface area contributed by atoms with Crippen molar-refractivity contribution in [2.24, 2.45) is 0 Å². The zero-order valence-electron chi connectivity index (χ0n) is 14.7. The number of pyridine rings is 1. The summed E-state index contributed by atoms with van der Waals surface area (Å²) >= 11 is 7.61. The Bertz CT molecular complexity index is 1310. The minimum absolute atomic E-state index is 0.0141. The average molecular weight is 419 g/mol. The van der Waals surface area contributed by atoms with Crippen LogP contribution in [0.3, 0.4) is 0 Å². The highest BCUT2D eigenvalue weighted by Crippen LogP contribution is 2.30. The van der Waals surface area contributed by atoms with Gasteiger partial charge in [-0.1, -0.05) is 29.8 Å². The molecule has 0 unspecified atom stereocenters. The maximum atomic E-state index is 10.8. The number of fused-ring (bicyclic) bond motifs is 1. The smallest absolute Gasteiger partial charge is 0.258 e. The number of thiazole rings is 1. The van der Waals surface area contributed by atoms with Crippen LogP contribution in [0.25, 0.3) is 33.8 Å². The van der Waals surface area contributed by atoms with Gasteiger partial charge in [-0.3, -0.25) is 10.1 Å². The van der Waals surface area contributed by atoms with Crippen LogP contribution in [0, 0.1) is 21.4 Å². The van der Waals surface area contributed by atoms with Gasteiger partial charge in [0.15, 0.2) is 0 Å². The predicted molar refractivity (Wildman–Crippen MR) is 114 cm³/mol. The second-order valence-corrected chi connectivity index (χ2v) is 7.29. The van der Waals surface area contributed by atoms with E-state index >= 15 is 0 Å². The van der Waals surface area contributed by atoms with Crippen LogP contribution in [0.5, 0.6) is 0 Å². The van der Waals surface area contributed by atoms with Gasteiger partial charge in [0, 0.05) is 34.0 Å². The van der Waals surface area contributed by atoms with E-state index in [1.54, 1.807) is 18.2 Å². The number of halogens is 1. The fourth-order valence-corrected chi connectivity index (χ4v) is 3.79. The highest BCUT2D eigenvalue weighted by atomic mass is 35.5. The van der Waals surface area contributed by atoms with E-state index in [9.17, 15) is 15.4 Å². The van der Waals surface area contributed by atoms with E-state index in [0.717, 1.165) is 16.5 Å². The lowest BCUT2D eigenvalue weighted by Crippen LogP contribution is -1.88. The number of hydrogen-bond donors (Lipinski definition) is 0. The Hall–Kier alpha value is -3.60. The topological polar surface area (TPSA) is 92.7 Å². The minimum atomic E-state index is -0.450. The predicted octanol–water partition coefficient (Wildman–Crippen LogP) is 5.98. The molecule has 0 atom stereocenters. The molecule has 0 saturated carbocycles. The van der Waals surface area contributed by atoms with Gasteiger partial charge in [0.25, 0.3) is 5.69 Å². The molecule has 6 nitrogen and oxygen atoms in total. The largest absolute Gasteiger partial charge is 0.269 e. The number of benzene rings is 2. The zero-order valence-corrected chi connectivity index (χ0v) is 16.3. The number of non-ortho nitro benzene ring substituents is 1.